The summed E-state index contributed by atoms with van der Waals surface area (Å²) in [6, 6.07) is 9.15. The van der Waals surface area contributed by atoms with Crippen molar-refractivity contribution in [1.29, 1.82) is 0 Å². The standard InChI is InChI=1S/C17H16F2N2O3S/c18-15-7-6-14(9-16(15)19)25(23,24)20-10-11-2-1-3-13(8-11)21-17(22)12-4-5-12/h1-3,6-9,12,20H,4-5,10H2,(H,21,22). The lowest BCUT2D eigenvalue weighted by Gasteiger charge is -2.09. The molecule has 8 heteroatoms. The van der Waals surface area contributed by atoms with Gasteiger partial charge in [0.05, 0.1) is 4.90 Å². The van der Waals surface area contributed by atoms with Crippen LogP contribution in [0.1, 0.15) is 18.4 Å². The molecule has 2 aromatic rings. The summed E-state index contributed by atoms with van der Waals surface area (Å²) in [5.41, 5.74) is 1.21. The molecule has 25 heavy (non-hydrogen) atoms. The van der Waals surface area contributed by atoms with E-state index >= 15 is 0 Å². The number of hydrogen-bond acceptors (Lipinski definition) is 3. The van der Waals surface area contributed by atoms with Crippen LogP contribution in [0.3, 0.4) is 0 Å². The molecule has 1 aliphatic rings. The minimum Gasteiger partial charge on any atom is -0.326 e. The fourth-order valence-electron chi connectivity index (χ4n) is 2.25. The lowest BCUT2D eigenvalue weighted by Crippen LogP contribution is -2.23. The van der Waals surface area contributed by atoms with Crippen molar-refractivity contribution in [2.24, 2.45) is 5.92 Å². The van der Waals surface area contributed by atoms with Gasteiger partial charge in [0.25, 0.3) is 0 Å². The van der Waals surface area contributed by atoms with E-state index in [1.165, 1.54) is 0 Å². The SMILES string of the molecule is O=C(Nc1cccc(CNS(=O)(=O)c2ccc(F)c(F)c2)c1)C1CC1. The maximum Gasteiger partial charge on any atom is 0.240 e. The number of halogens is 2. The highest BCUT2D eigenvalue weighted by atomic mass is 32.2. The summed E-state index contributed by atoms with van der Waals surface area (Å²) in [6.07, 6.45) is 1.78. The number of hydrogen-bond donors (Lipinski definition) is 2. The van der Waals surface area contributed by atoms with Crippen molar-refractivity contribution >= 4 is 21.6 Å². The van der Waals surface area contributed by atoms with Crippen LogP contribution in [-0.4, -0.2) is 14.3 Å². The van der Waals surface area contributed by atoms with Gasteiger partial charge >= 0.3 is 0 Å². The summed E-state index contributed by atoms with van der Waals surface area (Å²) in [7, 11) is -3.98. The Balaban J connectivity index is 1.67. The molecular weight excluding hydrogens is 350 g/mol. The summed E-state index contributed by atoms with van der Waals surface area (Å²) in [6.45, 7) is -0.0472. The van der Waals surface area contributed by atoms with Crippen LogP contribution in [-0.2, 0) is 21.4 Å². The number of nitrogens with one attached hydrogen (secondary N) is 2. The number of sulfonamides is 1. The van der Waals surface area contributed by atoms with Gasteiger partial charge in [0, 0.05) is 18.2 Å². The quantitative estimate of drug-likeness (QED) is 0.826. The number of carbonyl (C=O) groups is 1. The molecule has 132 valence electrons. The topological polar surface area (TPSA) is 75.3 Å². The van der Waals surface area contributed by atoms with E-state index < -0.39 is 21.7 Å². The Bertz CT molecular complexity index is 912. The lowest BCUT2D eigenvalue weighted by atomic mass is 10.2. The Morgan fingerprint density at radius 3 is 2.52 bits per heavy atom. The Labute approximate surface area is 144 Å². The molecule has 0 aliphatic heterocycles. The molecule has 3 rings (SSSR count). The fraction of sp³-hybridized carbons (Fsp3) is 0.235. The van der Waals surface area contributed by atoms with Gasteiger partial charge in [-0.05, 0) is 48.7 Å². The summed E-state index contributed by atoms with van der Waals surface area (Å²) in [5, 5.41) is 2.78. The van der Waals surface area contributed by atoms with E-state index in [1.807, 2.05) is 0 Å². The normalized spacial score (nSPS) is 14.3. The first-order valence-electron chi connectivity index (χ1n) is 7.70. The molecule has 1 fully saturated rings. The molecule has 1 aliphatic carbocycles. The molecular formula is C17H16F2N2O3S. The first-order chi connectivity index (χ1) is 11.8. The van der Waals surface area contributed by atoms with Crippen molar-refractivity contribution in [1.82, 2.24) is 4.72 Å². The monoisotopic (exact) mass is 366 g/mol. The van der Waals surface area contributed by atoms with E-state index in [4.69, 9.17) is 0 Å². The second-order valence-corrected chi connectivity index (χ2v) is 7.63. The zero-order valence-electron chi connectivity index (χ0n) is 13.1. The second-order valence-electron chi connectivity index (χ2n) is 5.86. The van der Waals surface area contributed by atoms with Crippen LogP contribution in [0.15, 0.2) is 47.4 Å². The Kier molecular flexibility index (Phi) is 4.82. The van der Waals surface area contributed by atoms with Gasteiger partial charge in [0.1, 0.15) is 0 Å². The number of anilines is 1. The first kappa shape index (κ1) is 17.5. The lowest BCUT2D eigenvalue weighted by molar-refractivity contribution is -0.117. The predicted octanol–water partition coefficient (Wildman–Crippen LogP) is 2.79. The van der Waals surface area contributed by atoms with Crippen LogP contribution in [0.2, 0.25) is 0 Å². The minimum atomic E-state index is -3.98. The van der Waals surface area contributed by atoms with E-state index in [0.29, 0.717) is 17.3 Å². The van der Waals surface area contributed by atoms with Crippen LogP contribution in [0.25, 0.3) is 0 Å². The second kappa shape index (κ2) is 6.89. The summed E-state index contributed by atoms with van der Waals surface area (Å²) < 4.78 is 52.8. The highest BCUT2D eigenvalue weighted by molar-refractivity contribution is 7.89. The van der Waals surface area contributed by atoms with Gasteiger partial charge in [-0.3, -0.25) is 4.79 Å². The Morgan fingerprint density at radius 1 is 1.08 bits per heavy atom. The first-order valence-corrected chi connectivity index (χ1v) is 9.18. The van der Waals surface area contributed by atoms with Crippen LogP contribution < -0.4 is 10.0 Å². The van der Waals surface area contributed by atoms with E-state index in [2.05, 4.69) is 10.0 Å². The largest absolute Gasteiger partial charge is 0.326 e. The third kappa shape index (κ3) is 4.40. The number of amides is 1. The molecule has 0 atom stereocenters. The molecule has 2 N–H and O–H groups in total. The summed E-state index contributed by atoms with van der Waals surface area (Å²) in [4.78, 5) is 11.4. The van der Waals surface area contributed by atoms with Crippen molar-refractivity contribution in [3.05, 3.63) is 59.7 Å². The average Bonchev–Trinajstić information content (AvgIpc) is 3.41. The number of benzene rings is 2. The molecule has 0 saturated heterocycles. The van der Waals surface area contributed by atoms with Crippen LogP contribution in [0.4, 0.5) is 14.5 Å². The molecule has 0 unspecified atom stereocenters. The predicted molar refractivity (Wildman–Crippen MR) is 88.2 cm³/mol. The van der Waals surface area contributed by atoms with Crippen LogP contribution >= 0.6 is 0 Å². The van der Waals surface area contributed by atoms with Gasteiger partial charge in [-0.15, -0.1) is 0 Å². The van der Waals surface area contributed by atoms with Crippen molar-refractivity contribution in [2.45, 2.75) is 24.3 Å². The van der Waals surface area contributed by atoms with E-state index in [-0.39, 0.29) is 23.3 Å². The van der Waals surface area contributed by atoms with E-state index in [0.717, 1.165) is 25.0 Å². The van der Waals surface area contributed by atoms with Gasteiger partial charge in [0.15, 0.2) is 11.6 Å². The van der Waals surface area contributed by atoms with Gasteiger partial charge in [-0.25, -0.2) is 21.9 Å². The molecule has 0 spiro atoms. The van der Waals surface area contributed by atoms with Crippen LogP contribution in [0.5, 0.6) is 0 Å². The van der Waals surface area contributed by atoms with Crippen molar-refractivity contribution in [2.75, 3.05) is 5.32 Å². The van der Waals surface area contributed by atoms with Crippen LogP contribution in [0, 0.1) is 17.6 Å². The third-order valence-electron chi connectivity index (χ3n) is 3.81. The van der Waals surface area contributed by atoms with Gasteiger partial charge in [-0.2, -0.15) is 0 Å². The zero-order chi connectivity index (χ0) is 18.0. The Hall–Kier alpha value is -2.32. The smallest absolute Gasteiger partial charge is 0.240 e. The summed E-state index contributed by atoms with van der Waals surface area (Å²) >= 11 is 0. The van der Waals surface area contributed by atoms with Crippen molar-refractivity contribution in [3.63, 3.8) is 0 Å². The molecule has 0 aromatic heterocycles. The third-order valence-corrected chi connectivity index (χ3v) is 5.21. The number of carbonyl (C=O) groups excluding carboxylic acids is 1. The maximum atomic E-state index is 13.2. The molecule has 0 heterocycles. The zero-order valence-corrected chi connectivity index (χ0v) is 13.9. The molecule has 0 radical (unpaired) electrons. The highest BCUT2D eigenvalue weighted by Gasteiger charge is 2.29. The minimum absolute atomic E-state index is 0.0421. The number of rotatable bonds is 6. The van der Waals surface area contributed by atoms with E-state index in [1.54, 1.807) is 24.3 Å². The molecule has 1 amide bonds. The average molecular weight is 366 g/mol. The van der Waals surface area contributed by atoms with Crippen molar-refractivity contribution < 1.29 is 22.0 Å². The highest BCUT2D eigenvalue weighted by Crippen LogP contribution is 2.30. The van der Waals surface area contributed by atoms with Crippen molar-refractivity contribution in [3.8, 4) is 0 Å². The Morgan fingerprint density at radius 2 is 1.84 bits per heavy atom. The van der Waals surface area contributed by atoms with Gasteiger partial charge in [-0.1, -0.05) is 12.1 Å². The molecule has 1 saturated carbocycles. The van der Waals surface area contributed by atoms with Gasteiger partial charge in [0.2, 0.25) is 15.9 Å². The summed E-state index contributed by atoms with van der Waals surface area (Å²) in [5.74, 6) is -2.32. The van der Waals surface area contributed by atoms with Gasteiger partial charge < -0.3 is 5.32 Å². The molecule has 2 aromatic carbocycles. The fourth-order valence-corrected chi connectivity index (χ4v) is 3.28. The molecule has 0 bridgehead atoms. The van der Waals surface area contributed by atoms with E-state index in [9.17, 15) is 22.0 Å². The maximum absolute atomic E-state index is 13.2. The molecule has 5 nitrogen and oxygen atoms in total.